The van der Waals surface area contributed by atoms with Crippen molar-refractivity contribution >= 4 is 11.3 Å². The molecule has 0 saturated carbocycles. The van der Waals surface area contributed by atoms with Gasteiger partial charge in [-0.25, -0.2) is 4.98 Å². The molecule has 1 fully saturated rings. The lowest BCUT2D eigenvalue weighted by molar-refractivity contribution is 0.0814. The second-order valence-electron chi connectivity index (χ2n) is 6.28. The van der Waals surface area contributed by atoms with E-state index in [2.05, 4.69) is 18.7 Å². The van der Waals surface area contributed by atoms with Gasteiger partial charge in [0.25, 0.3) is 0 Å². The Morgan fingerprint density at radius 2 is 2.21 bits per heavy atom. The molecule has 0 aromatic carbocycles. The van der Waals surface area contributed by atoms with Crippen molar-refractivity contribution < 1.29 is 5.11 Å². The summed E-state index contributed by atoms with van der Waals surface area (Å²) in [6.45, 7) is 11.4. The summed E-state index contributed by atoms with van der Waals surface area (Å²) in [5.41, 5.74) is 0.300. The molecule has 1 atom stereocenters. The van der Waals surface area contributed by atoms with Crippen molar-refractivity contribution in [3.05, 3.63) is 15.6 Å². The zero-order valence-electron chi connectivity index (χ0n) is 12.6. The van der Waals surface area contributed by atoms with E-state index in [1.54, 1.807) is 11.3 Å². The summed E-state index contributed by atoms with van der Waals surface area (Å²) in [5.74, 6) is 0.799. The molecule has 0 bridgehead atoms. The van der Waals surface area contributed by atoms with E-state index < -0.39 is 5.60 Å². The van der Waals surface area contributed by atoms with E-state index in [0.29, 0.717) is 0 Å². The van der Waals surface area contributed by atoms with Crippen molar-refractivity contribution in [2.24, 2.45) is 5.92 Å². The van der Waals surface area contributed by atoms with Gasteiger partial charge < -0.3 is 5.11 Å². The lowest BCUT2D eigenvalue weighted by Crippen LogP contribution is -2.33. The summed E-state index contributed by atoms with van der Waals surface area (Å²) in [4.78, 5) is 8.27. The molecule has 1 saturated heterocycles. The fraction of sp³-hybridized carbons (Fsp3) is 0.800. The Balaban J connectivity index is 2.10. The molecule has 19 heavy (non-hydrogen) atoms. The first-order chi connectivity index (χ1) is 8.90. The largest absolute Gasteiger partial charge is 0.385 e. The van der Waals surface area contributed by atoms with Crippen LogP contribution < -0.4 is 0 Å². The first kappa shape index (κ1) is 14.9. The Labute approximate surface area is 120 Å². The lowest BCUT2D eigenvalue weighted by atomic mass is 10.0. The highest BCUT2D eigenvalue weighted by atomic mass is 32.1. The molecule has 0 spiro atoms. The second kappa shape index (κ2) is 5.90. The Hall–Kier alpha value is -0.450. The Morgan fingerprint density at radius 1 is 1.47 bits per heavy atom. The Morgan fingerprint density at radius 3 is 2.74 bits per heavy atom. The van der Waals surface area contributed by atoms with E-state index in [1.165, 1.54) is 25.9 Å². The van der Waals surface area contributed by atoms with Crippen LogP contribution >= 0.6 is 11.3 Å². The molecule has 1 aromatic rings. The normalized spacial score (nSPS) is 21.8. The van der Waals surface area contributed by atoms with Crippen LogP contribution in [-0.4, -0.2) is 28.1 Å². The summed E-state index contributed by atoms with van der Waals surface area (Å²) in [6, 6.07) is 0. The van der Waals surface area contributed by atoms with E-state index in [4.69, 9.17) is 4.98 Å². The molecule has 0 aliphatic carbocycles. The highest BCUT2D eigenvalue weighted by Crippen LogP contribution is 2.31. The first-order valence-electron chi connectivity index (χ1n) is 7.34. The molecule has 108 valence electrons. The molecular weight excluding hydrogens is 256 g/mol. The van der Waals surface area contributed by atoms with Crippen molar-refractivity contribution in [1.82, 2.24) is 9.88 Å². The minimum absolute atomic E-state index is 0.767. The quantitative estimate of drug-likeness (QED) is 0.921. The van der Waals surface area contributed by atoms with Crippen molar-refractivity contribution in [2.45, 2.75) is 59.1 Å². The molecule has 1 aliphatic rings. The molecule has 0 amide bonds. The van der Waals surface area contributed by atoms with Crippen molar-refractivity contribution in [3.8, 4) is 0 Å². The van der Waals surface area contributed by atoms with Crippen LogP contribution in [0, 0.1) is 5.92 Å². The number of thiazole rings is 1. The number of rotatable bonds is 4. The van der Waals surface area contributed by atoms with Crippen LogP contribution in [0.15, 0.2) is 0 Å². The highest BCUT2D eigenvalue weighted by Gasteiger charge is 2.25. The minimum Gasteiger partial charge on any atom is -0.385 e. The third-order valence-corrected chi connectivity index (χ3v) is 5.13. The highest BCUT2D eigenvalue weighted by molar-refractivity contribution is 7.11. The molecule has 3 nitrogen and oxygen atoms in total. The van der Waals surface area contributed by atoms with Gasteiger partial charge in [-0.1, -0.05) is 13.8 Å². The average Bonchev–Trinajstić information content (AvgIpc) is 2.72. The summed E-state index contributed by atoms with van der Waals surface area (Å²) >= 11 is 1.68. The average molecular weight is 282 g/mol. The number of aryl methyl sites for hydroxylation is 1. The third-order valence-electron chi connectivity index (χ3n) is 3.73. The molecule has 2 heterocycles. The summed E-state index contributed by atoms with van der Waals surface area (Å²) in [5, 5.41) is 11.4. The SMILES string of the molecule is CCc1nc(CN2CCCC(C)C2)sc1C(C)(C)O. The van der Waals surface area contributed by atoms with E-state index in [9.17, 15) is 5.11 Å². The van der Waals surface area contributed by atoms with Gasteiger partial charge >= 0.3 is 0 Å². The van der Waals surface area contributed by atoms with Crippen molar-refractivity contribution in [1.29, 1.82) is 0 Å². The van der Waals surface area contributed by atoms with Crippen LogP contribution in [0.2, 0.25) is 0 Å². The van der Waals surface area contributed by atoms with Gasteiger partial charge in [-0.15, -0.1) is 11.3 Å². The number of aromatic nitrogens is 1. The van der Waals surface area contributed by atoms with E-state index in [-0.39, 0.29) is 0 Å². The van der Waals surface area contributed by atoms with Gasteiger partial charge in [-0.3, -0.25) is 4.90 Å². The molecule has 1 aromatic heterocycles. The standard InChI is InChI=1S/C15H26N2OS/c1-5-12-14(15(3,4)18)19-13(16-12)10-17-8-6-7-11(2)9-17/h11,18H,5-10H2,1-4H3. The van der Waals surface area contributed by atoms with Crippen LogP contribution in [0.4, 0.5) is 0 Å². The second-order valence-corrected chi connectivity index (χ2v) is 7.36. The number of hydrogen-bond donors (Lipinski definition) is 1. The summed E-state index contributed by atoms with van der Waals surface area (Å²) in [7, 11) is 0. The van der Waals surface area contributed by atoms with E-state index >= 15 is 0 Å². The van der Waals surface area contributed by atoms with Gasteiger partial charge in [0, 0.05) is 6.54 Å². The minimum atomic E-state index is -0.767. The molecule has 0 radical (unpaired) electrons. The van der Waals surface area contributed by atoms with E-state index in [1.807, 2.05) is 13.8 Å². The van der Waals surface area contributed by atoms with Gasteiger partial charge in [-0.05, 0) is 45.6 Å². The van der Waals surface area contributed by atoms with Crippen LogP contribution in [-0.2, 0) is 18.6 Å². The van der Waals surface area contributed by atoms with Crippen LogP contribution in [0.3, 0.4) is 0 Å². The Kier molecular flexibility index (Phi) is 4.64. The zero-order valence-corrected chi connectivity index (χ0v) is 13.4. The summed E-state index contributed by atoms with van der Waals surface area (Å²) < 4.78 is 0. The lowest BCUT2D eigenvalue weighted by Gasteiger charge is -2.29. The molecule has 1 unspecified atom stereocenters. The number of likely N-dealkylation sites (tertiary alicyclic amines) is 1. The van der Waals surface area contributed by atoms with Gasteiger partial charge in [0.15, 0.2) is 0 Å². The monoisotopic (exact) mass is 282 g/mol. The predicted octanol–water partition coefficient (Wildman–Crippen LogP) is 3.16. The molecular formula is C15H26N2OS. The number of hydrogen-bond acceptors (Lipinski definition) is 4. The molecule has 1 N–H and O–H groups in total. The summed E-state index contributed by atoms with van der Waals surface area (Å²) in [6.07, 6.45) is 3.54. The topological polar surface area (TPSA) is 36.4 Å². The predicted molar refractivity (Wildman–Crippen MR) is 80.4 cm³/mol. The van der Waals surface area contributed by atoms with Gasteiger partial charge in [0.05, 0.1) is 22.7 Å². The van der Waals surface area contributed by atoms with E-state index in [0.717, 1.165) is 34.5 Å². The molecule has 1 aliphatic heterocycles. The molecule has 2 rings (SSSR count). The number of nitrogens with zero attached hydrogens (tertiary/aromatic N) is 2. The van der Waals surface area contributed by atoms with Crippen molar-refractivity contribution in [2.75, 3.05) is 13.1 Å². The fourth-order valence-electron chi connectivity index (χ4n) is 2.81. The van der Waals surface area contributed by atoms with Crippen molar-refractivity contribution in [3.63, 3.8) is 0 Å². The van der Waals surface area contributed by atoms with Gasteiger partial charge in [0.2, 0.25) is 0 Å². The fourth-order valence-corrected chi connectivity index (χ4v) is 4.00. The zero-order chi connectivity index (χ0) is 14.0. The van der Waals surface area contributed by atoms with Crippen LogP contribution in [0.5, 0.6) is 0 Å². The van der Waals surface area contributed by atoms with Crippen LogP contribution in [0.1, 0.15) is 56.1 Å². The van der Waals surface area contributed by atoms with Crippen LogP contribution in [0.25, 0.3) is 0 Å². The maximum absolute atomic E-state index is 10.2. The number of aliphatic hydroxyl groups is 1. The third kappa shape index (κ3) is 3.77. The Bertz CT molecular complexity index is 422. The van der Waals surface area contributed by atoms with Gasteiger partial charge in [0.1, 0.15) is 5.01 Å². The number of piperidine rings is 1. The first-order valence-corrected chi connectivity index (χ1v) is 8.15. The molecule has 4 heteroatoms. The smallest absolute Gasteiger partial charge is 0.107 e. The van der Waals surface area contributed by atoms with Gasteiger partial charge in [-0.2, -0.15) is 0 Å². The maximum Gasteiger partial charge on any atom is 0.107 e. The maximum atomic E-state index is 10.2.